The second kappa shape index (κ2) is 9.57. The van der Waals surface area contributed by atoms with Crippen LogP contribution in [0.4, 0.5) is 0 Å². The van der Waals surface area contributed by atoms with E-state index >= 15 is 0 Å². The monoisotopic (exact) mass is 414 g/mol. The van der Waals surface area contributed by atoms with Gasteiger partial charge < -0.3 is 5.11 Å². The van der Waals surface area contributed by atoms with Crippen LogP contribution in [-0.4, -0.2) is 21.1 Å². The molecule has 0 aromatic heterocycles. The minimum atomic E-state index is -0.0399. The lowest BCUT2D eigenvalue weighted by atomic mass is 10.1. The number of benzene rings is 3. The third-order valence-corrected chi connectivity index (χ3v) is 5.82. The van der Waals surface area contributed by atoms with Crippen LogP contribution < -0.4 is 0 Å². The normalized spacial score (nSPS) is 16.6. The number of carbonyl (C=O) groups is 1. The summed E-state index contributed by atoms with van der Waals surface area (Å²) in [4.78, 5) is 20.3. The fourth-order valence-corrected chi connectivity index (χ4v) is 4.12. The quantitative estimate of drug-likeness (QED) is 0.587. The number of hydrogen-bond donors (Lipinski definition) is 1. The third kappa shape index (κ3) is 4.87. The van der Waals surface area contributed by atoms with Crippen molar-refractivity contribution in [1.29, 1.82) is 0 Å². The van der Waals surface area contributed by atoms with E-state index in [1.807, 2.05) is 91.0 Å². The zero-order valence-corrected chi connectivity index (χ0v) is 17.3. The molecule has 4 rings (SSSR count). The van der Waals surface area contributed by atoms with Crippen molar-refractivity contribution < 1.29 is 9.90 Å². The van der Waals surface area contributed by atoms with Crippen LogP contribution in [0, 0.1) is 0 Å². The minimum absolute atomic E-state index is 0.00563. The van der Waals surface area contributed by atoms with E-state index in [4.69, 9.17) is 4.99 Å². The van der Waals surface area contributed by atoms with Crippen molar-refractivity contribution in [3.63, 3.8) is 0 Å². The first-order valence-electron chi connectivity index (χ1n) is 9.76. The lowest BCUT2D eigenvalue weighted by molar-refractivity contribution is -0.122. The molecule has 1 heterocycles. The first-order chi connectivity index (χ1) is 14.7. The number of aliphatic hydroxyl groups excluding tert-OH is 1. The first-order valence-corrected chi connectivity index (χ1v) is 10.6. The average Bonchev–Trinajstić information content (AvgIpc) is 3.08. The molecule has 150 valence electrons. The maximum Gasteiger partial charge on any atom is 0.267 e. The van der Waals surface area contributed by atoms with E-state index in [1.165, 1.54) is 11.8 Å². The van der Waals surface area contributed by atoms with Gasteiger partial charge in [0.15, 0.2) is 5.17 Å². The Balaban J connectivity index is 1.61. The van der Waals surface area contributed by atoms with Crippen LogP contribution in [-0.2, 0) is 24.5 Å². The van der Waals surface area contributed by atoms with E-state index in [-0.39, 0.29) is 12.5 Å². The van der Waals surface area contributed by atoms with Crippen LogP contribution in [0.3, 0.4) is 0 Å². The van der Waals surface area contributed by atoms with Crippen LogP contribution in [0.5, 0.6) is 0 Å². The predicted molar refractivity (Wildman–Crippen MR) is 123 cm³/mol. The predicted octanol–water partition coefficient (Wildman–Crippen LogP) is 4.85. The largest absolute Gasteiger partial charge is 0.392 e. The van der Waals surface area contributed by atoms with Gasteiger partial charge in [0.25, 0.3) is 5.91 Å². The summed E-state index contributed by atoms with van der Waals surface area (Å²) in [5.41, 5.74) is 3.94. The molecule has 30 heavy (non-hydrogen) atoms. The second-order valence-corrected chi connectivity index (χ2v) is 7.98. The number of carbonyl (C=O) groups excluding carboxylic acids is 1. The van der Waals surface area contributed by atoms with Crippen molar-refractivity contribution in [3.8, 4) is 0 Å². The SMILES string of the molecule is O=C1/C(=C/c2ccc(CO)cc2)S/C(=N\Cc2ccccc2)N1Cc1ccccc1. The molecule has 1 N–H and O–H groups in total. The summed E-state index contributed by atoms with van der Waals surface area (Å²) in [6.45, 7) is 1.02. The Kier molecular flexibility index (Phi) is 6.42. The highest BCUT2D eigenvalue weighted by atomic mass is 32.2. The molecule has 1 saturated heterocycles. The maximum absolute atomic E-state index is 13.2. The van der Waals surface area contributed by atoms with Crippen LogP contribution in [0.1, 0.15) is 22.3 Å². The Bertz CT molecular complexity index is 1060. The van der Waals surface area contributed by atoms with Crippen molar-refractivity contribution >= 4 is 28.9 Å². The van der Waals surface area contributed by atoms with Gasteiger partial charge in [-0.15, -0.1) is 0 Å². The number of hydrogen-bond acceptors (Lipinski definition) is 4. The summed E-state index contributed by atoms with van der Waals surface area (Å²) in [5.74, 6) is -0.0399. The number of aliphatic hydroxyl groups is 1. The molecular formula is C25H22N2O2S. The molecule has 1 amide bonds. The van der Waals surface area contributed by atoms with Crippen LogP contribution in [0.2, 0.25) is 0 Å². The van der Waals surface area contributed by atoms with Crippen molar-refractivity contribution in [1.82, 2.24) is 4.90 Å². The van der Waals surface area contributed by atoms with Gasteiger partial charge in [0.05, 0.1) is 24.6 Å². The fraction of sp³-hybridized carbons (Fsp3) is 0.120. The molecule has 0 aliphatic carbocycles. The summed E-state index contributed by atoms with van der Waals surface area (Å²) in [6, 6.07) is 27.5. The molecule has 0 spiro atoms. The number of amidine groups is 1. The van der Waals surface area contributed by atoms with Gasteiger partial charge in [0, 0.05) is 0 Å². The Morgan fingerprint density at radius 2 is 1.47 bits per heavy atom. The van der Waals surface area contributed by atoms with Gasteiger partial charge in [-0.25, -0.2) is 0 Å². The molecule has 3 aromatic carbocycles. The van der Waals surface area contributed by atoms with Crippen LogP contribution in [0.15, 0.2) is 94.8 Å². The van der Waals surface area contributed by atoms with E-state index in [0.29, 0.717) is 23.2 Å². The van der Waals surface area contributed by atoms with Gasteiger partial charge in [-0.3, -0.25) is 14.7 Å². The molecule has 3 aromatic rings. The smallest absolute Gasteiger partial charge is 0.267 e. The minimum Gasteiger partial charge on any atom is -0.392 e. The fourth-order valence-electron chi connectivity index (χ4n) is 3.14. The first kappa shape index (κ1) is 20.1. The lowest BCUT2D eigenvalue weighted by Gasteiger charge is -2.15. The molecular weight excluding hydrogens is 392 g/mol. The highest BCUT2D eigenvalue weighted by Crippen LogP contribution is 2.34. The highest BCUT2D eigenvalue weighted by molar-refractivity contribution is 8.18. The van der Waals surface area contributed by atoms with Crippen LogP contribution >= 0.6 is 11.8 Å². The standard InChI is InChI=1S/C25H22N2O2S/c28-18-22-13-11-19(12-14-22)15-23-24(29)27(17-21-9-5-2-6-10-21)25(30-23)26-16-20-7-3-1-4-8-20/h1-15,28H,16-18H2/b23-15-,26-25-. The Morgan fingerprint density at radius 1 is 0.833 bits per heavy atom. The van der Waals surface area contributed by atoms with E-state index < -0.39 is 0 Å². The Morgan fingerprint density at radius 3 is 2.10 bits per heavy atom. The van der Waals surface area contributed by atoms with Gasteiger partial charge in [-0.05, 0) is 40.1 Å². The molecule has 1 aliphatic rings. The summed E-state index contributed by atoms with van der Waals surface area (Å²) < 4.78 is 0. The van der Waals surface area contributed by atoms with Crippen LogP contribution in [0.25, 0.3) is 6.08 Å². The zero-order chi connectivity index (χ0) is 20.8. The van der Waals surface area contributed by atoms with Gasteiger partial charge in [-0.1, -0.05) is 84.9 Å². The van der Waals surface area contributed by atoms with E-state index in [0.717, 1.165) is 22.3 Å². The summed E-state index contributed by atoms with van der Waals surface area (Å²) in [7, 11) is 0. The molecule has 0 saturated carbocycles. The average molecular weight is 415 g/mol. The summed E-state index contributed by atoms with van der Waals surface area (Å²) >= 11 is 1.41. The number of amides is 1. The third-order valence-electron chi connectivity index (χ3n) is 4.77. The van der Waals surface area contributed by atoms with Gasteiger partial charge in [-0.2, -0.15) is 0 Å². The second-order valence-electron chi connectivity index (χ2n) is 6.97. The summed E-state index contributed by atoms with van der Waals surface area (Å²) in [6.07, 6.45) is 1.89. The molecule has 1 aliphatic heterocycles. The zero-order valence-electron chi connectivity index (χ0n) is 16.4. The van der Waals surface area contributed by atoms with Crippen molar-refractivity contribution in [2.45, 2.75) is 19.7 Å². The molecule has 5 heteroatoms. The van der Waals surface area contributed by atoms with Gasteiger partial charge in [0.2, 0.25) is 0 Å². The molecule has 0 atom stereocenters. The maximum atomic E-state index is 13.2. The Hall–Kier alpha value is -3.15. The van der Waals surface area contributed by atoms with Crippen molar-refractivity contribution in [3.05, 3.63) is 112 Å². The van der Waals surface area contributed by atoms with Gasteiger partial charge >= 0.3 is 0 Å². The van der Waals surface area contributed by atoms with E-state index in [1.54, 1.807) is 4.90 Å². The molecule has 0 bridgehead atoms. The molecule has 0 radical (unpaired) electrons. The highest BCUT2D eigenvalue weighted by Gasteiger charge is 2.33. The molecule has 0 unspecified atom stereocenters. The number of thioether (sulfide) groups is 1. The number of nitrogens with zero attached hydrogens (tertiary/aromatic N) is 2. The van der Waals surface area contributed by atoms with Crippen molar-refractivity contribution in [2.24, 2.45) is 4.99 Å². The number of rotatable bonds is 6. The molecule has 4 nitrogen and oxygen atoms in total. The summed E-state index contributed by atoms with van der Waals surface area (Å²) in [5, 5.41) is 9.94. The lowest BCUT2D eigenvalue weighted by Crippen LogP contribution is -2.28. The topological polar surface area (TPSA) is 52.9 Å². The van der Waals surface area contributed by atoms with Crippen molar-refractivity contribution in [2.75, 3.05) is 0 Å². The molecule has 1 fully saturated rings. The van der Waals surface area contributed by atoms with Gasteiger partial charge in [0.1, 0.15) is 0 Å². The number of aliphatic imine (C=N–C) groups is 1. The van der Waals surface area contributed by atoms with E-state index in [2.05, 4.69) is 0 Å². The van der Waals surface area contributed by atoms with E-state index in [9.17, 15) is 9.90 Å². The Labute approximate surface area is 180 Å².